The van der Waals surface area contributed by atoms with E-state index >= 15 is 0 Å². The summed E-state index contributed by atoms with van der Waals surface area (Å²) in [4.78, 5) is 0. The Morgan fingerprint density at radius 1 is 1.42 bits per heavy atom. The molecule has 0 spiro atoms. The number of ether oxygens (including phenoxy) is 2. The van der Waals surface area contributed by atoms with Gasteiger partial charge in [0.25, 0.3) is 0 Å². The maximum Gasteiger partial charge on any atom is 0.125 e. The minimum atomic E-state index is -0.204. The molecule has 4 heteroatoms. The minimum absolute atomic E-state index is 0.0635. The lowest BCUT2D eigenvalue weighted by Gasteiger charge is -2.30. The zero-order valence-corrected chi connectivity index (χ0v) is 11.9. The van der Waals surface area contributed by atoms with E-state index < -0.39 is 0 Å². The molecule has 2 aliphatic rings. The van der Waals surface area contributed by atoms with E-state index in [2.05, 4.69) is 0 Å². The molecule has 2 unspecified atom stereocenters. The van der Waals surface area contributed by atoms with Crippen LogP contribution in [0.25, 0.3) is 0 Å². The number of aliphatic hydroxyl groups excluding tert-OH is 1. The summed E-state index contributed by atoms with van der Waals surface area (Å²) in [7, 11) is 0. The van der Waals surface area contributed by atoms with E-state index in [9.17, 15) is 5.11 Å². The topological polar surface area (TPSA) is 38.7 Å². The number of hydrogen-bond donors (Lipinski definition) is 1. The summed E-state index contributed by atoms with van der Waals surface area (Å²) in [5.74, 6) is 0.969. The van der Waals surface area contributed by atoms with Crippen LogP contribution in [-0.2, 0) is 17.6 Å². The second kappa shape index (κ2) is 4.97. The van der Waals surface area contributed by atoms with Gasteiger partial charge in [0.05, 0.1) is 19.3 Å². The number of halogens is 1. The SMILES string of the molecule is CC1OCCC1(CO)Cc1cc(Cl)cc2c1OCC2. The van der Waals surface area contributed by atoms with Crippen molar-refractivity contribution >= 4 is 11.6 Å². The van der Waals surface area contributed by atoms with E-state index in [1.165, 1.54) is 5.56 Å². The maximum atomic E-state index is 9.81. The Balaban J connectivity index is 1.95. The Morgan fingerprint density at radius 3 is 2.95 bits per heavy atom. The summed E-state index contributed by atoms with van der Waals surface area (Å²) in [6.45, 7) is 3.61. The van der Waals surface area contributed by atoms with Crippen molar-refractivity contribution in [2.45, 2.75) is 32.3 Å². The molecule has 1 saturated heterocycles. The molecule has 3 rings (SSSR count). The Labute approximate surface area is 118 Å². The van der Waals surface area contributed by atoms with E-state index in [1.54, 1.807) is 0 Å². The summed E-state index contributed by atoms with van der Waals surface area (Å²) in [5.41, 5.74) is 2.08. The molecule has 2 aliphatic heterocycles. The first kappa shape index (κ1) is 13.2. The van der Waals surface area contributed by atoms with Crippen molar-refractivity contribution < 1.29 is 14.6 Å². The molecule has 0 saturated carbocycles. The first-order valence-electron chi connectivity index (χ1n) is 6.81. The Hall–Kier alpha value is -0.770. The molecular weight excluding hydrogens is 264 g/mol. The van der Waals surface area contributed by atoms with E-state index in [0.717, 1.165) is 42.2 Å². The van der Waals surface area contributed by atoms with Gasteiger partial charge in [-0.3, -0.25) is 0 Å². The molecule has 0 amide bonds. The molecule has 0 aromatic heterocycles. The number of hydrogen-bond acceptors (Lipinski definition) is 3. The van der Waals surface area contributed by atoms with Crippen molar-refractivity contribution in [3.8, 4) is 5.75 Å². The van der Waals surface area contributed by atoms with Crippen LogP contribution in [-0.4, -0.2) is 31.0 Å². The second-order valence-electron chi connectivity index (χ2n) is 5.61. The van der Waals surface area contributed by atoms with Crippen LogP contribution in [0.3, 0.4) is 0 Å². The van der Waals surface area contributed by atoms with Crippen LogP contribution in [0.15, 0.2) is 12.1 Å². The largest absolute Gasteiger partial charge is 0.493 e. The van der Waals surface area contributed by atoms with Gasteiger partial charge < -0.3 is 14.6 Å². The van der Waals surface area contributed by atoms with Crippen LogP contribution in [0.4, 0.5) is 0 Å². The Morgan fingerprint density at radius 2 is 2.26 bits per heavy atom. The average Bonchev–Trinajstić information content (AvgIpc) is 2.97. The molecule has 0 radical (unpaired) electrons. The van der Waals surface area contributed by atoms with Crippen molar-refractivity contribution in [3.63, 3.8) is 0 Å². The van der Waals surface area contributed by atoms with Crippen molar-refractivity contribution in [3.05, 3.63) is 28.3 Å². The predicted molar refractivity (Wildman–Crippen MR) is 73.9 cm³/mol. The normalized spacial score (nSPS) is 29.3. The molecule has 1 aromatic rings. The smallest absolute Gasteiger partial charge is 0.125 e. The van der Waals surface area contributed by atoms with Crippen molar-refractivity contribution in [1.82, 2.24) is 0 Å². The lowest BCUT2D eigenvalue weighted by Crippen LogP contribution is -2.35. The molecule has 1 aromatic carbocycles. The summed E-state index contributed by atoms with van der Waals surface area (Å²) in [6.07, 6.45) is 2.62. The first-order chi connectivity index (χ1) is 9.14. The summed E-state index contributed by atoms with van der Waals surface area (Å²) >= 11 is 6.19. The van der Waals surface area contributed by atoms with Crippen LogP contribution < -0.4 is 4.74 Å². The molecule has 19 heavy (non-hydrogen) atoms. The fourth-order valence-corrected chi connectivity index (χ4v) is 3.43. The van der Waals surface area contributed by atoms with E-state index in [4.69, 9.17) is 21.1 Å². The third kappa shape index (κ3) is 2.24. The molecule has 2 heterocycles. The van der Waals surface area contributed by atoms with Gasteiger partial charge in [-0.2, -0.15) is 0 Å². The van der Waals surface area contributed by atoms with Crippen LogP contribution in [0, 0.1) is 5.41 Å². The molecule has 1 fully saturated rings. The van der Waals surface area contributed by atoms with Gasteiger partial charge in [0.15, 0.2) is 0 Å². The highest BCUT2D eigenvalue weighted by Gasteiger charge is 2.42. The molecule has 104 valence electrons. The van der Waals surface area contributed by atoms with Crippen LogP contribution in [0.5, 0.6) is 5.75 Å². The highest BCUT2D eigenvalue weighted by molar-refractivity contribution is 6.30. The number of benzene rings is 1. The fraction of sp³-hybridized carbons (Fsp3) is 0.600. The van der Waals surface area contributed by atoms with Gasteiger partial charge in [0.1, 0.15) is 5.75 Å². The second-order valence-corrected chi connectivity index (χ2v) is 6.05. The van der Waals surface area contributed by atoms with Crippen molar-refractivity contribution in [2.75, 3.05) is 19.8 Å². The van der Waals surface area contributed by atoms with Gasteiger partial charge in [-0.1, -0.05) is 11.6 Å². The standard InChI is InChI=1S/C15H19ClO3/c1-10-15(9-17,3-5-18-10)8-12-7-13(16)6-11-2-4-19-14(11)12/h6-7,10,17H,2-5,8-9H2,1H3. The third-order valence-electron chi connectivity index (χ3n) is 4.51. The number of aliphatic hydroxyl groups is 1. The van der Waals surface area contributed by atoms with E-state index in [1.807, 2.05) is 19.1 Å². The fourth-order valence-electron chi connectivity index (χ4n) is 3.17. The number of fused-ring (bicyclic) bond motifs is 1. The van der Waals surface area contributed by atoms with Gasteiger partial charge in [-0.05, 0) is 43.0 Å². The highest BCUT2D eigenvalue weighted by Crippen LogP contribution is 2.42. The molecule has 2 atom stereocenters. The van der Waals surface area contributed by atoms with Crippen LogP contribution in [0.2, 0.25) is 5.02 Å². The Bertz CT molecular complexity index is 489. The molecular formula is C15H19ClO3. The van der Waals surface area contributed by atoms with Crippen molar-refractivity contribution in [2.24, 2.45) is 5.41 Å². The summed E-state index contributed by atoms with van der Waals surface area (Å²) in [5, 5.41) is 10.6. The molecule has 3 nitrogen and oxygen atoms in total. The summed E-state index contributed by atoms with van der Waals surface area (Å²) in [6, 6.07) is 3.95. The zero-order chi connectivity index (χ0) is 13.5. The monoisotopic (exact) mass is 282 g/mol. The quantitative estimate of drug-likeness (QED) is 0.926. The lowest BCUT2D eigenvalue weighted by atomic mass is 9.76. The predicted octanol–water partition coefficient (Wildman–Crippen LogP) is 2.60. The molecule has 0 aliphatic carbocycles. The molecule has 1 N–H and O–H groups in total. The van der Waals surface area contributed by atoms with Gasteiger partial charge in [-0.25, -0.2) is 0 Å². The number of rotatable bonds is 3. The maximum absolute atomic E-state index is 9.81. The highest BCUT2D eigenvalue weighted by atomic mass is 35.5. The molecule has 0 bridgehead atoms. The third-order valence-corrected chi connectivity index (χ3v) is 4.73. The van der Waals surface area contributed by atoms with Crippen molar-refractivity contribution in [1.29, 1.82) is 0 Å². The van der Waals surface area contributed by atoms with Gasteiger partial charge in [0, 0.05) is 23.5 Å². The lowest BCUT2D eigenvalue weighted by molar-refractivity contribution is 0.0269. The summed E-state index contributed by atoms with van der Waals surface area (Å²) < 4.78 is 11.4. The van der Waals surface area contributed by atoms with E-state index in [-0.39, 0.29) is 18.1 Å². The van der Waals surface area contributed by atoms with Crippen LogP contribution >= 0.6 is 11.6 Å². The first-order valence-corrected chi connectivity index (χ1v) is 7.19. The van der Waals surface area contributed by atoms with Crippen LogP contribution in [0.1, 0.15) is 24.5 Å². The van der Waals surface area contributed by atoms with Gasteiger partial charge in [0.2, 0.25) is 0 Å². The zero-order valence-electron chi connectivity index (χ0n) is 11.1. The van der Waals surface area contributed by atoms with Gasteiger partial charge >= 0.3 is 0 Å². The van der Waals surface area contributed by atoms with Gasteiger partial charge in [-0.15, -0.1) is 0 Å². The minimum Gasteiger partial charge on any atom is -0.493 e. The Kier molecular flexibility index (Phi) is 3.46. The average molecular weight is 283 g/mol. The van der Waals surface area contributed by atoms with E-state index in [0.29, 0.717) is 6.61 Å².